The van der Waals surface area contributed by atoms with E-state index in [0.717, 1.165) is 17.9 Å². The van der Waals surface area contributed by atoms with Crippen molar-refractivity contribution in [2.24, 2.45) is 0 Å². The number of aryl methyl sites for hydroxylation is 1. The molecule has 0 radical (unpaired) electrons. The van der Waals surface area contributed by atoms with Crippen LogP contribution in [0.25, 0.3) is 0 Å². The molecule has 0 amide bonds. The highest BCUT2D eigenvalue weighted by Crippen LogP contribution is 2.09. The summed E-state index contributed by atoms with van der Waals surface area (Å²) in [4.78, 5) is 0. The summed E-state index contributed by atoms with van der Waals surface area (Å²) in [5, 5.41) is 0.730. The van der Waals surface area contributed by atoms with Crippen LogP contribution in [0.1, 0.15) is 12.0 Å². The molecule has 0 aliphatic heterocycles. The summed E-state index contributed by atoms with van der Waals surface area (Å²) in [5.41, 5.74) is 1.31. The van der Waals surface area contributed by atoms with Gasteiger partial charge in [0.05, 0.1) is 0 Å². The van der Waals surface area contributed by atoms with E-state index in [9.17, 15) is 0 Å². The molecule has 13 heavy (non-hydrogen) atoms. The van der Waals surface area contributed by atoms with Gasteiger partial charge in [0.1, 0.15) is 0 Å². The first kappa shape index (κ1) is 11.8. The number of benzene rings is 1. The quantitative estimate of drug-likeness (QED) is 0.642. The van der Waals surface area contributed by atoms with Gasteiger partial charge in [-0.1, -0.05) is 48.5 Å². The lowest BCUT2D eigenvalue weighted by Crippen LogP contribution is -1.82. The van der Waals surface area contributed by atoms with Gasteiger partial charge < -0.3 is 0 Å². The zero-order chi connectivity index (χ0) is 10.1. The summed E-state index contributed by atoms with van der Waals surface area (Å²) >= 11 is 5.63. The van der Waals surface area contributed by atoms with Crippen molar-refractivity contribution in [2.75, 3.05) is 0 Å². The fraction of sp³-hybridized carbons (Fsp3) is 0.167. The molecule has 0 nitrogen and oxygen atoms in total. The van der Waals surface area contributed by atoms with Crippen LogP contribution in [0.3, 0.4) is 0 Å². The molecule has 68 valence electrons. The van der Waals surface area contributed by atoms with Crippen LogP contribution >= 0.6 is 11.6 Å². The van der Waals surface area contributed by atoms with Crippen LogP contribution in [0.4, 0.5) is 0 Å². The van der Waals surface area contributed by atoms with Gasteiger partial charge in [-0.25, -0.2) is 0 Å². The van der Waals surface area contributed by atoms with E-state index in [1.54, 1.807) is 0 Å². The average Bonchev–Trinajstić information content (AvgIpc) is 2.19. The number of hydrogen-bond donors (Lipinski definition) is 0. The Hall–Kier alpha value is -1.19. The number of halogens is 1. The van der Waals surface area contributed by atoms with Gasteiger partial charge in [0.2, 0.25) is 0 Å². The molecule has 1 aromatic carbocycles. The predicted octanol–water partition coefficient (Wildman–Crippen LogP) is 3.62. The van der Waals surface area contributed by atoms with Gasteiger partial charge in [0.25, 0.3) is 0 Å². The van der Waals surface area contributed by atoms with E-state index >= 15 is 0 Å². The van der Waals surface area contributed by atoms with Crippen molar-refractivity contribution in [3.8, 4) is 12.8 Å². The van der Waals surface area contributed by atoms with Crippen molar-refractivity contribution < 1.29 is 0 Å². The first-order valence-electron chi connectivity index (χ1n) is 3.99. The van der Waals surface area contributed by atoms with Gasteiger partial charge in [-0.05, 0) is 18.4 Å². The summed E-state index contributed by atoms with van der Waals surface area (Å²) in [6.45, 7) is 3.64. The van der Waals surface area contributed by atoms with Crippen molar-refractivity contribution in [3.63, 3.8) is 0 Å². The van der Waals surface area contributed by atoms with Crippen LogP contribution in [-0.4, -0.2) is 0 Å². The molecule has 0 saturated carbocycles. The molecule has 0 spiro atoms. The van der Waals surface area contributed by atoms with Crippen molar-refractivity contribution in [1.82, 2.24) is 0 Å². The zero-order valence-corrected chi connectivity index (χ0v) is 8.30. The number of rotatable bonds is 3. The van der Waals surface area contributed by atoms with Gasteiger partial charge in [-0.15, -0.1) is 12.8 Å². The minimum Gasteiger partial charge on any atom is -0.124 e. The number of terminal acetylenes is 1. The van der Waals surface area contributed by atoms with E-state index < -0.39 is 0 Å². The summed E-state index contributed by atoms with van der Waals surface area (Å²) < 4.78 is 0. The molecule has 0 fully saturated rings. The Balaban J connectivity index is 0.000000671. The van der Waals surface area contributed by atoms with E-state index in [1.165, 1.54) is 5.56 Å². The second kappa shape index (κ2) is 7.46. The third-order valence-corrected chi connectivity index (χ3v) is 1.72. The summed E-state index contributed by atoms with van der Waals surface area (Å²) in [6, 6.07) is 10.3. The van der Waals surface area contributed by atoms with Gasteiger partial charge >= 0.3 is 0 Å². The van der Waals surface area contributed by atoms with Crippen LogP contribution in [0.2, 0.25) is 0 Å². The lowest BCUT2D eigenvalue weighted by molar-refractivity contribution is 0.989. The van der Waals surface area contributed by atoms with Crippen LogP contribution in [-0.2, 0) is 6.42 Å². The first-order valence-corrected chi connectivity index (χ1v) is 4.37. The lowest BCUT2D eigenvalue weighted by atomic mass is 10.1. The van der Waals surface area contributed by atoms with Gasteiger partial charge in [-0.2, -0.15) is 0 Å². The van der Waals surface area contributed by atoms with Crippen molar-refractivity contribution >= 4 is 11.6 Å². The fourth-order valence-corrected chi connectivity index (χ4v) is 1.02. The normalized spacial score (nSPS) is 8.23. The monoisotopic (exact) mass is 192 g/mol. The fourth-order valence-electron chi connectivity index (χ4n) is 0.925. The molecule has 1 aromatic rings. The smallest absolute Gasteiger partial charge is 0.0112 e. The van der Waals surface area contributed by atoms with E-state index in [4.69, 9.17) is 11.6 Å². The van der Waals surface area contributed by atoms with Crippen LogP contribution in [0.15, 0.2) is 41.9 Å². The number of allylic oxidation sites excluding steroid dienone is 1. The third kappa shape index (κ3) is 6.02. The topological polar surface area (TPSA) is 0 Å². The highest BCUT2D eigenvalue weighted by molar-refractivity contribution is 6.29. The van der Waals surface area contributed by atoms with E-state index in [2.05, 4.69) is 31.6 Å². The van der Waals surface area contributed by atoms with E-state index in [1.807, 2.05) is 18.2 Å². The molecular weight excluding hydrogens is 180 g/mol. The molecule has 0 aliphatic carbocycles. The SMILES string of the molecule is C#C.C=C(Cl)CCc1ccccc1. The molecule has 0 aromatic heterocycles. The van der Waals surface area contributed by atoms with Crippen molar-refractivity contribution in [2.45, 2.75) is 12.8 Å². The maximum absolute atomic E-state index is 5.63. The molecule has 0 unspecified atom stereocenters. The highest BCUT2D eigenvalue weighted by Gasteiger charge is 1.91. The Kier molecular flexibility index (Phi) is 6.78. The Morgan fingerprint density at radius 3 is 2.23 bits per heavy atom. The molecule has 0 heterocycles. The maximum Gasteiger partial charge on any atom is 0.0112 e. The Morgan fingerprint density at radius 2 is 1.77 bits per heavy atom. The minimum absolute atomic E-state index is 0.730. The summed E-state index contributed by atoms with van der Waals surface area (Å²) in [6.07, 6.45) is 9.86. The average molecular weight is 193 g/mol. The molecule has 0 aliphatic rings. The standard InChI is InChI=1S/C10H11Cl.C2H2/c1-9(11)7-8-10-5-3-2-4-6-10;1-2/h2-6H,1,7-8H2;1-2H. The largest absolute Gasteiger partial charge is 0.124 e. The molecular formula is C12H13Cl. The van der Waals surface area contributed by atoms with Crippen molar-refractivity contribution in [3.05, 3.63) is 47.5 Å². The summed E-state index contributed by atoms with van der Waals surface area (Å²) in [7, 11) is 0. The van der Waals surface area contributed by atoms with Gasteiger partial charge in [0.15, 0.2) is 0 Å². The van der Waals surface area contributed by atoms with Gasteiger partial charge in [0, 0.05) is 5.03 Å². The van der Waals surface area contributed by atoms with E-state index in [-0.39, 0.29) is 0 Å². The van der Waals surface area contributed by atoms with Crippen molar-refractivity contribution in [1.29, 1.82) is 0 Å². The molecule has 0 N–H and O–H groups in total. The second-order valence-corrected chi connectivity index (χ2v) is 3.04. The Labute approximate surface area is 85.2 Å². The maximum atomic E-state index is 5.63. The van der Waals surface area contributed by atoms with E-state index in [0.29, 0.717) is 0 Å². The van der Waals surface area contributed by atoms with Crippen LogP contribution < -0.4 is 0 Å². The Bertz CT molecular complexity index is 259. The Morgan fingerprint density at radius 1 is 1.23 bits per heavy atom. The van der Waals surface area contributed by atoms with Crippen LogP contribution in [0.5, 0.6) is 0 Å². The molecule has 0 bridgehead atoms. The summed E-state index contributed by atoms with van der Waals surface area (Å²) in [5.74, 6) is 0. The molecule has 0 atom stereocenters. The third-order valence-electron chi connectivity index (χ3n) is 1.53. The predicted molar refractivity (Wildman–Crippen MR) is 59.6 cm³/mol. The second-order valence-electron chi connectivity index (χ2n) is 2.50. The lowest BCUT2D eigenvalue weighted by Gasteiger charge is -1.97. The zero-order valence-electron chi connectivity index (χ0n) is 7.54. The highest BCUT2D eigenvalue weighted by atomic mass is 35.5. The van der Waals surface area contributed by atoms with Gasteiger partial charge in [-0.3, -0.25) is 0 Å². The minimum atomic E-state index is 0.730. The molecule has 1 heteroatoms. The van der Waals surface area contributed by atoms with Crippen LogP contribution in [0, 0.1) is 12.8 Å². The first-order chi connectivity index (χ1) is 6.29. The molecule has 1 rings (SSSR count). The number of hydrogen-bond acceptors (Lipinski definition) is 0. The molecule has 0 saturated heterocycles.